The minimum Gasteiger partial charge on any atom is -0.354 e. The Labute approximate surface area is 140 Å². The summed E-state index contributed by atoms with van der Waals surface area (Å²) in [7, 11) is 2.18. The number of hydrogen-bond donors (Lipinski definition) is 0. The molecule has 0 amide bonds. The van der Waals surface area contributed by atoms with Crippen molar-refractivity contribution in [1.82, 2.24) is 15.1 Å². The highest BCUT2D eigenvalue weighted by atomic mass is 16.6. The summed E-state index contributed by atoms with van der Waals surface area (Å²) in [4.78, 5) is 15.0. The van der Waals surface area contributed by atoms with Crippen LogP contribution in [0, 0.1) is 22.0 Å². The number of non-ortho nitro benzene ring substituents is 1. The molecule has 2 unspecified atom stereocenters. The number of nitro groups is 1. The van der Waals surface area contributed by atoms with Gasteiger partial charge in [0.2, 0.25) is 0 Å². The van der Waals surface area contributed by atoms with Gasteiger partial charge in [-0.3, -0.25) is 10.1 Å². The molecule has 7 heteroatoms. The summed E-state index contributed by atoms with van der Waals surface area (Å²) in [6.45, 7) is 4.41. The molecule has 124 valence electrons. The van der Waals surface area contributed by atoms with Crippen molar-refractivity contribution < 1.29 is 4.92 Å². The van der Waals surface area contributed by atoms with Crippen LogP contribution in [0.3, 0.4) is 0 Å². The maximum absolute atomic E-state index is 10.7. The molecule has 0 bridgehead atoms. The smallest absolute Gasteiger partial charge is 0.269 e. The zero-order valence-electron chi connectivity index (χ0n) is 13.5. The lowest BCUT2D eigenvalue weighted by molar-refractivity contribution is -0.384. The van der Waals surface area contributed by atoms with E-state index in [1.807, 2.05) is 12.1 Å². The normalized spacial score (nSPS) is 23.5. The van der Waals surface area contributed by atoms with Gasteiger partial charge in [0.15, 0.2) is 5.82 Å². The van der Waals surface area contributed by atoms with Gasteiger partial charge in [0, 0.05) is 43.9 Å². The predicted octanol–water partition coefficient (Wildman–Crippen LogP) is 2.05. The lowest BCUT2D eigenvalue weighted by atomic mass is 10.0. The van der Waals surface area contributed by atoms with Crippen LogP contribution in [0.15, 0.2) is 36.4 Å². The van der Waals surface area contributed by atoms with Crippen LogP contribution in [0.2, 0.25) is 0 Å². The van der Waals surface area contributed by atoms with E-state index in [1.165, 1.54) is 12.1 Å². The molecule has 0 radical (unpaired) electrons. The van der Waals surface area contributed by atoms with Crippen LogP contribution in [-0.4, -0.2) is 53.2 Å². The second kappa shape index (κ2) is 5.83. The van der Waals surface area contributed by atoms with Crippen molar-refractivity contribution in [3.8, 4) is 11.3 Å². The average Bonchev–Trinajstić information content (AvgIpc) is 3.12. The van der Waals surface area contributed by atoms with E-state index in [2.05, 4.69) is 27.0 Å². The monoisotopic (exact) mass is 325 g/mol. The van der Waals surface area contributed by atoms with E-state index in [-0.39, 0.29) is 5.69 Å². The van der Waals surface area contributed by atoms with Crippen molar-refractivity contribution in [1.29, 1.82) is 0 Å². The molecule has 0 spiro atoms. The Morgan fingerprint density at radius 1 is 1.00 bits per heavy atom. The maximum atomic E-state index is 10.7. The third kappa shape index (κ3) is 2.71. The lowest BCUT2D eigenvalue weighted by Gasteiger charge is -2.19. The summed E-state index contributed by atoms with van der Waals surface area (Å²) in [6.07, 6.45) is 0. The van der Waals surface area contributed by atoms with Crippen molar-refractivity contribution in [2.24, 2.45) is 11.8 Å². The first-order valence-corrected chi connectivity index (χ1v) is 8.12. The first-order chi connectivity index (χ1) is 11.6. The number of nitrogens with zero attached hydrogens (tertiary/aromatic N) is 5. The first-order valence-electron chi connectivity index (χ1n) is 8.12. The summed E-state index contributed by atoms with van der Waals surface area (Å²) in [5.74, 6) is 2.37. The molecule has 24 heavy (non-hydrogen) atoms. The highest BCUT2D eigenvalue weighted by Crippen LogP contribution is 2.32. The van der Waals surface area contributed by atoms with Crippen molar-refractivity contribution in [3.63, 3.8) is 0 Å². The molecule has 1 aromatic carbocycles. The van der Waals surface area contributed by atoms with Gasteiger partial charge in [-0.2, -0.15) is 0 Å². The van der Waals surface area contributed by atoms with Crippen LogP contribution >= 0.6 is 0 Å². The number of rotatable bonds is 3. The van der Waals surface area contributed by atoms with Crippen LogP contribution in [-0.2, 0) is 0 Å². The zero-order chi connectivity index (χ0) is 16.7. The number of fused-ring (bicyclic) bond motifs is 1. The molecule has 2 saturated heterocycles. The number of benzene rings is 1. The number of aromatic nitrogens is 2. The van der Waals surface area contributed by atoms with Gasteiger partial charge in [0.05, 0.1) is 10.6 Å². The molecular formula is C17H19N5O2. The lowest BCUT2D eigenvalue weighted by Crippen LogP contribution is -2.27. The van der Waals surface area contributed by atoms with E-state index in [1.54, 1.807) is 12.1 Å². The van der Waals surface area contributed by atoms with Crippen molar-refractivity contribution in [2.75, 3.05) is 38.1 Å². The van der Waals surface area contributed by atoms with Crippen LogP contribution in [0.1, 0.15) is 0 Å². The fourth-order valence-electron chi connectivity index (χ4n) is 3.82. The van der Waals surface area contributed by atoms with Gasteiger partial charge in [-0.15, -0.1) is 10.2 Å². The number of hydrogen-bond acceptors (Lipinski definition) is 6. The Morgan fingerprint density at radius 3 is 2.21 bits per heavy atom. The molecule has 0 aliphatic carbocycles. The number of anilines is 1. The quantitative estimate of drug-likeness (QED) is 0.635. The summed E-state index contributed by atoms with van der Waals surface area (Å²) in [6, 6.07) is 10.3. The van der Waals surface area contributed by atoms with Crippen molar-refractivity contribution >= 4 is 11.5 Å². The second-order valence-electron chi connectivity index (χ2n) is 6.73. The van der Waals surface area contributed by atoms with Gasteiger partial charge in [-0.05, 0) is 43.1 Å². The third-order valence-electron chi connectivity index (χ3n) is 5.02. The van der Waals surface area contributed by atoms with E-state index < -0.39 is 4.92 Å². The first kappa shape index (κ1) is 15.0. The van der Waals surface area contributed by atoms with E-state index in [0.29, 0.717) is 0 Å². The summed E-state index contributed by atoms with van der Waals surface area (Å²) < 4.78 is 0. The molecule has 2 aromatic rings. The summed E-state index contributed by atoms with van der Waals surface area (Å²) >= 11 is 0. The van der Waals surface area contributed by atoms with E-state index in [9.17, 15) is 10.1 Å². The molecule has 2 atom stereocenters. The maximum Gasteiger partial charge on any atom is 0.269 e. The van der Waals surface area contributed by atoms with E-state index in [0.717, 1.165) is 55.1 Å². The van der Waals surface area contributed by atoms with E-state index >= 15 is 0 Å². The number of likely N-dealkylation sites (tertiary alicyclic amines) is 1. The largest absolute Gasteiger partial charge is 0.354 e. The third-order valence-corrected chi connectivity index (χ3v) is 5.02. The van der Waals surface area contributed by atoms with E-state index in [4.69, 9.17) is 0 Å². The van der Waals surface area contributed by atoms with Crippen molar-refractivity contribution in [3.05, 3.63) is 46.5 Å². The minimum atomic E-state index is -0.403. The van der Waals surface area contributed by atoms with Crippen molar-refractivity contribution in [2.45, 2.75) is 0 Å². The Morgan fingerprint density at radius 2 is 1.67 bits per heavy atom. The highest BCUT2D eigenvalue weighted by molar-refractivity contribution is 5.61. The molecule has 2 aliphatic rings. The minimum absolute atomic E-state index is 0.0805. The molecule has 3 heterocycles. The highest BCUT2D eigenvalue weighted by Gasteiger charge is 2.39. The van der Waals surface area contributed by atoms with Gasteiger partial charge < -0.3 is 9.80 Å². The molecule has 1 aromatic heterocycles. The SMILES string of the molecule is CN1CC2CN(c3ccc(-c4ccc([N+](=O)[O-])cc4)nn3)CC2C1. The van der Waals surface area contributed by atoms with Gasteiger partial charge >= 0.3 is 0 Å². The average molecular weight is 325 g/mol. The zero-order valence-corrected chi connectivity index (χ0v) is 13.5. The van der Waals surface area contributed by atoms with Crippen LogP contribution in [0.4, 0.5) is 11.5 Å². The molecule has 0 N–H and O–H groups in total. The summed E-state index contributed by atoms with van der Waals surface area (Å²) in [5.41, 5.74) is 1.64. The van der Waals surface area contributed by atoms with Gasteiger partial charge in [0.1, 0.15) is 0 Å². The Bertz CT molecular complexity index is 733. The van der Waals surface area contributed by atoms with Gasteiger partial charge in [0.25, 0.3) is 5.69 Å². The Kier molecular flexibility index (Phi) is 3.65. The molecule has 4 rings (SSSR count). The standard InChI is InChI=1S/C17H19N5O2/c1-20-8-13-10-21(11-14(13)9-20)17-7-6-16(18-19-17)12-2-4-15(5-3-12)22(23)24/h2-7,13-14H,8-11H2,1H3. The topological polar surface area (TPSA) is 75.4 Å². The fourth-order valence-corrected chi connectivity index (χ4v) is 3.82. The van der Waals surface area contributed by atoms with Gasteiger partial charge in [-0.1, -0.05) is 0 Å². The fraction of sp³-hybridized carbons (Fsp3) is 0.412. The molecule has 2 aliphatic heterocycles. The predicted molar refractivity (Wildman–Crippen MR) is 90.8 cm³/mol. The Hall–Kier alpha value is -2.54. The molecule has 0 saturated carbocycles. The van der Waals surface area contributed by atoms with Crippen LogP contribution in [0.5, 0.6) is 0 Å². The second-order valence-corrected chi connectivity index (χ2v) is 6.73. The summed E-state index contributed by atoms with van der Waals surface area (Å²) in [5, 5.41) is 19.4. The molecule has 7 nitrogen and oxygen atoms in total. The van der Waals surface area contributed by atoms with Crippen LogP contribution in [0.25, 0.3) is 11.3 Å². The molecular weight excluding hydrogens is 306 g/mol. The van der Waals surface area contributed by atoms with Crippen LogP contribution < -0.4 is 4.90 Å². The van der Waals surface area contributed by atoms with Gasteiger partial charge in [-0.25, -0.2) is 0 Å². The molecule has 2 fully saturated rings. The Balaban J connectivity index is 1.48. The number of nitro benzene ring substituents is 1.